The van der Waals surface area contributed by atoms with Crippen LogP contribution >= 0.6 is 11.8 Å². The fraction of sp³-hybridized carbons (Fsp3) is 0.846. The van der Waals surface area contributed by atoms with Crippen LogP contribution < -0.4 is 0 Å². The van der Waals surface area contributed by atoms with Gasteiger partial charge in [-0.25, -0.2) is 0 Å². The van der Waals surface area contributed by atoms with Gasteiger partial charge in [-0.1, -0.05) is 19.9 Å². The lowest BCUT2D eigenvalue weighted by atomic mass is 9.91. The van der Waals surface area contributed by atoms with Crippen molar-refractivity contribution in [3.63, 3.8) is 0 Å². The summed E-state index contributed by atoms with van der Waals surface area (Å²) in [4.78, 5) is 0. The number of thioether (sulfide) groups is 1. The Morgan fingerprint density at radius 3 is 2.57 bits per heavy atom. The van der Waals surface area contributed by atoms with E-state index in [2.05, 4.69) is 38.3 Å². The van der Waals surface area contributed by atoms with Gasteiger partial charge >= 0.3 is 0 Å². The molecule has 0 aromatic carbocycles. The second-order valence-electron chi connectivity index (χ2n) is 4.75. The average Bonchev–Trinajstić information content (AvgIpc) is 2.21. The minimum Gasteiger partial charge on any atom is -0.159 e. The predicted octanol–water partition coefficient (Wildman–Crippen LogP) is 4.51. The summed E-state index contributed by atoms with van der Waals surface area (Å²) < 4.78 is 0. The highest BCUT2D eigenvalue weighted by molar-refractivity contribution is 7.99. The van der Waals surface area contributed by atoms with Crippen LogP contribution in [-0.4, -0.2) is 11.0 Å². The molecule has 1 saturated carbocycles. The third-order valence-corrected chi connectivity index (χ3v) is 4.71. The Labute approximate surface area is 93.5 Å². The maximum atomic E-state index is 3.83. The molecule has 0 aliphatic heterocycles. The van der Waals surface area contributed by atoms with Crippen LogP contribution in [0, 0.1) is 11.8 Å². The molecule has 0 heterocycles. The molecular formula is C13H24S. The largest absolute Gasteiger partial charge is 0.159 e. The first kappa shape index (κ1) is 12.2. The first-order valence-electron chi connectivity index (χ1n) is 5.96. The van der Waals surface area contributed by atoms with Gasteiger partial charge in [0.05, 0.1) is 0 Å². The monoisotopic (exact) mass is 212 g/mol. The van der Waals surface area contributed by atoms with Crippen molar-refractivity contribution < 1.29 is 0 Å². The summed E-state index contributed by atoms with van der Waals surface area (Å²) >= 11 is 2.20. The molecule has 0 amide bonds. The molecule has 0 aromatic rings. The maximum absolute atomic E-state index is 3.83. The minimum atomic E-state index is 0.699. The van der Waals surface area contributed by atoms with E-state index in [0.29, 0.717) is 5.92 Å². The highest BCUT2D eigenvalue weighted by Gasteiger charge is 2.18. The van der Waals surface area contributed by atoms with Gasteiger partial charge in [0.1, 0.15) is 0 Å². The van der Waals surface area contributed by atoms with Crippen LogP contribution in [0.5, 0.6) is 0 Å². The lowest BCUT2D eigenvalue weighted by molar-refractivity contribution is 0.393. The predicted molar refractivity (Wildman–Crippen MR) is 67.9 cm³/mol. The molecule has 1 unspecified atom stereocenters. The summed E-state index contributed by atoms with van der Waals surface area (Å²) in [7, 11) is 0. The molecule has 1 aliphatic rings. The van der Waals surface area contributed by atoms with Gasteiger partial charge in [-0.15, -0.1) is 6.58 Å². The molecule has 0 radical (unpaired) electrons. The molecule has 14 heavy (non-hydrogen) atoms. The Morgan fingerprint density at radius 1 is 1.36 bits per heavy atom. The normalized spacial score (nSPS) is 29.9. The number of rotatable bonds is 5. The molecule has 1 rings (SSSR count). The maximum Gasteiger partial charge on any atom is 0.00472 e. The standard InChI is InChI=1S/C13H24S/c1-4-11(2)9-10-14-13-7-5-12(3)6-8-13/h4,11-13H,1,5-10H2,2-3H3. The van der Waals surface area contributed by atoms with Crippen LogP contribution in [0.3, 0.4) is 0 Å². The molecule has 82 valence electrons. The van der Waals surface area contributed by atoms with E-state index < -0.39 is 0 Å². The molecule has 0 nitrogen and oxygen atoms in total. The van der Waals surface area contributed by atoms with Gasteiger partial charge in [-0.3, -0.25) is 0 Å². The van der Waals surface area contributed by atoms with Gasteiger partial charge in [0.25, 0.3) is 0 Å². The van der Waals surface area contributed by atoms with Gasteiger partial charge < -0.3 is 0 Å². The Bertz CT molecular complexity index is 157. The fourth-order valence-electron chi connectivity index (χ4n) is 1.93. The van der Waals surface area contributed by atoms with E-state index in [1.807, 2.05) is 0 Å². The van der Waals surface area contributed by atoms with E-state index in [9.17, 15) is 0 Å². The van der Waals surface area contributed by atoms with Gasteiger partial charge in [0, 0.05) is 5.25 Å². The molecule has 0 N–H and O–H groups in total. The van der Waals surface area contributed by atoms with Crippen LogP contribution in [0.25, 0.3) is 0 Å². The first-order chi connectivity index (χ1) is 6.72. The van der Waals surface area contributed by atoms with Crippen LogP contribution in [0.1, 0.15) is 46.0 Å². The van der Waals surface area contributed by atoms with Crippen molar-refractivity contribution in [3.8, 4) is 0 Å². The Balaban J connectivity index is 2.04. The third-order valence-electron chi connectivity index (χ3n) is 3.29. The lowest BCUT2D eigenvalue weighted by Gasteiger charge is -2.25. The highest BCUT2D eigenvalue weighted by Crippen LogP contribution is 2.32. The van der Waals surface area contributed by atoms with Crippen molar-refractivity contribution in [2.24, 2.45) is 11.8 Å². The minimum absolute atomic E-state index is 0.699. The third kappa shape index (κ3) is 4.54. The zero-order valence-electron chi connectivity index (χ0n) is 9.67. The van der Waals surface area contributed by atoms with Crippen molar-refractivity contribution in [1.29, 1.82) is 0 Å². The average molecular weight is 212 g/mol. The fourth-order valence-corrected chi connectivity index (χ4v) is 3.38. The summed E-state index contributed by atoms with van der Waals surface area (Å²) in [5.41, 5.74) is 0. The summed E-state index contributed by atoms with van der Waals surface area (Å²) in [5, 5.41) is 0.961. The Hall–Kier alpha value is 0.0900. The second-order valence-corrected chi connectivity index (χ2v) is 6.16. The molecule has 1 fully saturated rings. The molecule has 0 saturated heterocycles. The van der Waals surface area contributed by atoms with Crippen molar-refractivity contribution in [3.05, 3.63) is 12.7 Å². The Kier molecular flexibility index (Phi) is 5.69. The molecular weight excluding hydrogens is 188 g/mol. The highest BCUT2D eigenvalue weighted by atomic mass is 32.2. The summed E-state index contributed by atoms with van der Waals surface area (Å²) in [5.74, 6) is 3.01. The number of hydrogen-bond acceptors (Lipinski definition) is 1. The molecule has 0 bridgehead atoms. The van der Waals surface area contributed by atoms with E-state index in [1.165, 1.54) is 37.9 Å². The summed E-state index contributed by atoms with van der Waals surface area (Å²) in [6.07, 6.45) is 9.19. The molecule has 0 aromatic heterocycles. The van der Waals surface area contributed by atoms with E-state index in [4.69, 9.17) is 0 Å². The van der Waals surface area contributed by atoms with Crippen LogP contribution in [0.15, 0.2) is 12.7 Å². The quantitative estimate of drug-likeness (QED) is 0.604. The second kappa shape index (κ2) is 6.55. The van der Waals surface area contributed by atoms with Gasteiger partial charge in [0.2, 0.25) is 0 Å². The van der Waals surface area contributed by atoms with Gasteiger partial charge in [-0.2, -0.15) is 11.8 Å². The van der Waals surface area contributed by atoms with Crippen molar-refractivity contribution in [2.45, 2.75) is 51.2 Å². The zero-order chi connectivity index (χ0) is 10.4. The van der Waals surface area contributed by atoms with E-state index in [0.717, 1.165) is 11.2 Å². The smallest absolute Gasteiger partial charge is 0.00472 e. The lowest BCUT2D eigenvalue weighted by Crippen LogP contribution is -2.14. The Morgan fingerprint density at radius 2 is 2.00 bits per heavy atom. The molecule has 1 heteroatoms. The summed E-state index contributed by atoms with van der Waals surface area (Å²) in [6.45, 7) is 8.48. The van der Waals surface area contributed by atoms with Crippen molar-refractivity contribution in [1.82, 2.24) is 0 Å². The first-order valence-corrected chi connectivity index (χ1v) is 7.01. The number of allylic oxidation sites excluding steroid dienone is 1. The van der Waals surface area contributed by atoms with Crippen LogP contribution in [0.4, 0.5) is 0 Å². The van der Waals surface area contributed by atoms with E-state index in [-0.39, 0.29) is 0 Å². The topological polar surface area (TPSA) is 0 Å². The zero-order valence-corrected chi connectivity index (χ0v) is 10.5. The summed E-state index contributed by atoms with van der Waals surface area (Å²) in [6, 6.07) is 0. The van der Waals surface area contributed by atoms with Crippen LogP contribution in [-0.2, 0) is 0 Å². The SMILES string of the molecule is C=CC(C)CCSC1CCC(C)CC1. The van der Waals surface area contributed by atoms with E-state index in [1.54, 1.807) is 0 Å². The molecule has 1 aliphatic carbocycles. The molecule has 0 spiro atoms. The van der Waals surface area contributed by atoms with Crippen molar-refractivity contribution >= 4 is 11.8 Å². The van der Waals surface area contributed by atoms with Gasteiger partial charge in [0.15, 0.2) is 0 Å². The molecule has 1 atom stereocenters. The van der Waals surface area contributed by atoms with E-state index >= 15 is 0 Å². The van der Waals surface area contributed by atoms with Crippen LogP contribution in [0.2, 0.25) is 0 Å². The van der Waals surface area contributed by atoms with Crippen molar-refractivity contribution in [2.75, 3.05) is 5.75 Å². The number of hydrogen-bond donors (Lipinski definition) is 0. The van der Waals surface area contributed by atoms with Gasteiger partial charge in [-0.05, 0) is 49.7 Å².